The molecule has 7 nitrogen and oxygen atoms in total. The second-order valence-electron chi connectivity index (χ2n) is 9.24. The summed E-state index contributed by atoms with van der Waals surface area (Å²) in [4.78, 5) is 33.1. The van der Waals surface area contributed by atoms with Crippen molar-refractivity contribution in [1.82, 2.24) is 15.3 Å². The van der Waals surface area contributed by atoms with Crippen molar-refractivity contribution in [3.63, 3.8) is 0 Å². The number of rotatable bonds is 4. The Kier molecular flexibility index (Phi) is 7.48. The van der Waals surface area contributed by atoms with E-state index in [0.29, 0.717) is 11.6 Å². The van der Waals surface area contributed by atoms with Gasteiger partial charge in [-0.05, 0) is 91.6 Å². The third-order valence-corrected chi connectivity index (χ3v) is 5.80. The van der Waals surface area contributed by atoms with Crippen LogP contribution in [-0.4, -0.2) is 33.6 Å². The first-order valence-corrected chi connectivity index (χ1v) is 11.4. The number of pyridine rings is 2. The first kappa shape index (κ1) is 24.1. The van der Waals surface area contributed by atoms with Gasteiger partial charge in [0, 0.05) is 12.2 Å². The lowest BCUT2D eigenvalue weighted by Crippen LogP contribution is -2.42. The fourth-order valence-electron chi connectivity index (χ4n) is 4.05. The Morgan fingerprint density at radius 3 is 2.62 bits per heavy atom. The monoisotopic (exact) mass is 506 g/mol. The largest absolute Gasteiger partial charge is 0.444 e. The number of aromatic nitrogens is 2. The van der Waals surface area contributed by atoms with Gasteiger partial charge in [0.15, 0.2) is 5.82 Å². The van der Waals surface area contributed by atoms with Crippen molar-refractivity contribution in [2.75, 3.05) is 5.32 Å². The summed E-state index contributed by atoms with van der Waals surface area (Å²) in [5.74, 6) is -0.499. The van der Waals surface area contributed by atoms with Crippen molar-refractivity contribution in [3.8, 4) is 0 Å². The van der Waals surface area contributed by atoms with Gasteiger partial charge in [-0.1, -0.05) is 6.92 Å². The molecule has 1 unspecified atom stereocenters. The second kappa shape index (κ2) is 9.94. The van der Waals surface area contributed by atoms with E-state index in [4.69, 9.17) is 4.74 Å². The van der Waals surface area contributed by atoms with Crippen LogP contribution in [0.4, 0.5) is 14.9 Å². The smallest absolute Gasteiger partial charge is 0.407 e. The highest BCUT2D eigenvalue weighted by atomic mass is 79.9. The van der Waals surface area contributed by atoms with Crippen LogP contribution >= 0.6 is 15.9 Å². The number of carbonyl (C=O) groups is 2. The molecule has 2 amide bonds. The Bertz CT molecular complexity index is 995. The number of nitrogens with one attached hydrogen (secondary N) is 2. The zero-order valence-electron chi connectivity index (χ0n) is 18.6. The molecule has 1 fully saturated rings. The van der Waals surface area contributed by atoms with E-state index in [9.17, 15) is 14.0 Å². The Labute approximate surface area is 195 Å². The molecule has 3 atom stereocenters. The maximum Gasteiger partial charge on any atom is 0.407 e. The molecule has 2 aromatic rings. The minimum Gasteiger partial charge on any atom is -0.444 e. The highest BCUT2D eigenvalue weighted by Gasteiger charge is 2.31. The van der Waals surface area contributed by atoms with Gasteiger partial charge in [-0.3, -0.25) is 9.78 Å². The lowest BCUT2D eigenvalue weighted by molar-refractivity contribution is 0.0482. The highest BCUT2D eigenvalue weighted by molar-refractivity contribution is 9.10. The molecule has 0 aromatic carbocycles. The van der Waals surface area contributed by atoms with Crippen molar-refractivity contribution >= 4 is 33.6 Å². The second-order valence-corrected chi connectivity index (χ2v) is 9.99. The molecular formula is C23H28BrFN4O3. The fourth-order valence-corrected chi connectivity index (χ4v) is 4.37. The van der Waals surface area contributed by atoms with E-state index < -0.39 is 23.4 Å². The molecule has 2 N–H and O–H groups in total. The predicted molar refractivity (Wildman–Crippen MR) is 123 cm³/mol. The summed E-state index contributed by atoms with van der Waals surface area (Å²) in [6.45, 7) is 7.65. The SMILES string of the molecule is C[C@H]1CC(c2ccncc2NC(=O)c2ccc(F)c(Br)n2)C[C@@H](NC(=O)OC(C)(C)C)C1. The van der Waals surface area contributed by atoms with Crippen LogP contribution in [0.2, 0.25) is 0 Å². The van der Waals surface area contributed by atoms with Gasteiger partial charge in [0.1, 0.15) is 15.9 Å². The Morgan fingerprint density at radius 1 is 1.19 bits per heavy atom. The molecule has 2 aromatic heterocycles. The van der Waals surface area contributed by atoms with E-state index >= 15 is 0 Å². The van der Waals surface area contributed by atoms with Crippen LogP contribution in [0.15, 0.2) is 35.2 Å². The van der Waals surface area contributed by atoms with Crippen LogP contribution in [0, 0.1) is 11.7 Å². The van der Waals surface area contributed by atoms with Gasteiger partial charge in [0.25, 0.3) is 5.91 Å². The minimum absolute atomic E-state index is 0.0197. The first-order chi connectivity index (χ1) is 15.0. The third kappa shape index (κ3) is 6.48. The molecule has 1 saturated carbocycles. The van der Waals surface area contributed by atoms with Gasteiger partial charge in [-0.2, -0.15) is 0 Å². The molecule has 172 valence electrons. The van der Waals surface area contributed by atoms with E-state index in [1.54, 1.807) is 12.4 Å². The molecule has 0 aliphatic heterocycles. The molecule has 3 rings (SSSR count). The number of hydrogen-bond donors (Lipinski definition) is 2. The number of hydrogen-bond acceptors (Lipinski definition) is 5. The molecule has 9 heteroatoms. The van der Waals surface area contributed by atoms with E-state index in [1.807, 2.05) is 26.8 Å². The standard InChI is InChI=1S/C23H28BrFN4O3/c1-13-9-14(11-15(10-13)27-22(31)32-23(2,3)4)16-7-8-26-12-19(16)29-21(30)18-6-5-17(25)20(24)28-18/h5-8,12-15H,9-11H2,1-4H3,(H,27,31)(H,29,30)/t13-,14?,15-/m0/s1. The molecule has 32 heavy (non-hydrogen) atoms. The Balaban J connectivity index is 1.75. The zero-order valence-corrected chi connectivity index (χ0v) is 20.2. The number of halogens is 2. The molecule has 0 bridgehead atoms. The average molecular weight is 507 g/mol. The van der Waals surface area contributed by atoms with Crippen molar-refractivity contribution in [2.45, 2.75) is 64.5 Å². The number of ether oxygens (including phenoxy) is 1. The highest BCUT2D eigenvalue weighted by Crippen LogP contribution is 2.39. The summed E-state index contributed by atoms with van der Waals surface area (Å²) >= 11 is 3.00. The predicted octanol–water partition coefficient (Wildman–Crippen LogP) is 5.43. The van der Waals surface area contributed by atoms with E-state index in [2.05, 4.69) is 43.5 Å². The summed E-state index contributed by atoms with van der Waals surface area (Å²) in [6, 6.07) is 4.36. The third-order valence-electron chi connectivity index (χ3n) is 5.24. The maximum absolute atomic E-state index is 13.5. The van der Waals surface area contributed by atoms with Gasteiger partial charge in [-0.25, -0.2) is 14.2 Å². The number of alkyl carbamates (subject to hydrolysis) is 1. The topological polar surface area (TPSA) is 93.2 Å². The summed E-state index contributed by atoms with van der Waals surface area (Å²) in [7, 11) is 0. The van der Waals surface area contributed by atoms with Crippen molar-refractivity contribution in [2.24, 2.45) is 5.92 Å². The van der Waals surface area contributed by atoms with Crippen LogP contribution in [0.25, 0.3) is 0 Å². The van der Waals surface area contributed by atoms with Crippen LogP contribution in [0.1, 0.15) is 68.9 Å². The van der Waals surface area contributed by atoms with Crippen molar-refractivity contribution in [1.29, 1.82) is 0 Å². The van der Waals surface area contributed by atoms with Crippen molar-refractivity contribution in [3.05, 3.63) is 52.3 Å². The average Bonchev–Trinajstić information content (AvgIpc) is 2.68. The minimum atomic E-state index is -0.560. The Morgan fingerprint density at radius 2 is 1.94 bits per heavy atom. The van der Waals surface area contributed by atoms with E-state index in [1.165, 1.54) is 12.1 Å². The van der Waals surface area contributed by atoms with Gasteiger partial charge in [0.05, 0.1) is 11.9 Å². The normalized spacial score (nSPS) is 21.0. The number of anilines is 1. The molecule has 1 aliphatic rings. The lowest BCUT2D eigenvalue weighted by Gasteiger charge is -2.35. The zero-order chi connectivity index (χ0) is 23.5. The van der Waals surface area contributed by atoms with Gasteiger partial charge < -0.3 is 15.4 Å². The van der Waals surface area contributed by atoms with Crippen LogP contribution in [0.3, 0.4) is 0 Å². The molecule has 1 aliphatic carbocycles. The molecule has 0 spiro atoms. The molecular weight excluding hydrogens is 479 g/mol. The molecule has 0 saturated heterocycles. The van der Waals surface area contributed by atoms with Crippen LogP contribution in [-0.2, 0) is 4.74 Å². The number of nitrogens with zero attached hydrogens (tertiary/aromatic N) is 2. The quantitative estimate of drug-likeness (QED) is 0.539. The van der Waals surface area contributed by atoms with Crippen LogP contribution in [0.5, 0.6) is 0 Å². The van der Waals surface area contributed by atoms with Crippen molar-refractivity contribution < 1.29 is 18.7 Å². The Hall–Kier alpha value is -2.55. The first-order valence-electron chi connectivity index (χ1n) is 10.6. The van der Waals surface area contributed by atoms with Gasteiger partial charge in [-0.15, -0.1) is 0 Å². The maximum atomic E-state index is 13.5. The number of amides is 2. The van der Waals surface area contributed by atoms with E-state index in [-0.39, 0.29) is 22.3 Å². The van der Waals surface area contributed by atoms with Crippen LogP contribution < -0.4 is 10.6 Å². The van der Waals surface area contributed by atoms with E-state index in [0.717, 1.165) is 24.8 Å². The van der Waals surface area contributed by atoms with Gasteiger partial charge in [0.2, 0.25) is 0 Å². The summed E-state index contributed by atoms with van der Waals surface area (Å²) in [5.41, 5.74) is 1.05. The number of carbonyl (C=O) groups excluding carboxylic acids is 2. The summed E-state index contributed by atoms with van der Waals surface area (Å²) < 4.78 is 18.8. The lowest BCUT2D eigenvalue weighted by atomic mass is 9.76. The molecule has 0 radical (unpaired) electrons. The molecule has 2 heterocycles. The summed E-state index contributed by atoms with van der Waals surface area (Å²) in [5, 5.41) is 5.84. The summed E-state index contributed by atoms with van der Waals surface area (Å²) in [6.07, 6.45) is 5.35. The van der Waals surface area contributed by atoms with Gasteiger partial charge >= 0.3 is 6.09 Å². The fraction of sp³-hybridized carbons (Fsp3) is 0.478.